The van der Waals surface area contributed by atoms with Crippen molar-refractivity contribution in [2.24, 2.45) is 5.92 Å². The largest absolute Gasteiger partial charge is 0.480 e. The maximum Gasteiger partial charge on any atom is 0.326 e. The summed E-state index contributed by atoms with van der Waals surface area (Å²) in [5.41, 5.74) is 0.653. The average Bonchev–Trinajstić information content (AvgIpc) is 2.52. The van der Waals surface area contributed by atoms with Crippen LogP contribution < -0.4 is 10.6 Å². The fourth-order valence-corrected chi connectivity index (χ4v) is 2.25. The first-order valence-electron chi connectivity index (χ1n) is 7.79. The van der Waals surface area contributed by atoms with Crippen molar-refractivity contribution in [3.63, 3.8) is 0 Å². The van der Waals surface area contributed by atoms with Gasteiger partial charge in [0, 0.05) is 13.3 Å². The molecular formula is C17H23FN2O4. The highest BCUT2D eigenvalue weighted by atomic mass is 19.1. The minimum Gasteiger partial charge on any atom is -0.480 e. The van der Waals surface area contributed by atoms with Crippen LogP contribution in [-0.2, 0) is 20.8 Å². The lowest BCUT2D eigenvalue weighted by Gasteiger charge is -2.24. The van der Waals surface area contributed by atoms with Crippen molar-refractivity contribution in [3.8, 4) is 0 Å². The van der Waals surface area contributed by atoms with E-state index in [0.717, 1.165) is 0 Å². The molecule has 132 valence electrons. The summed E-state index contributed by atoms with van der Waals surface area (Å²) in [6.07, 6.45) is 0.721. The summed E-state index contributed by atoms with van der Waals surface area (Å²) in [6.45, 7) is 4.83. The molecular weight excluding hydrogens is 315 g/mol. The van der Waals surface area contributed by atoms with Crippen LogP contribution in [0.3, 0.4) is 0 Å². The molecule has 0 fully saturated rings. The van der Waals surface area contributed by atoms with Crippen molar-refractivity contribution in [2.75, 3.05) is 0 Å². The number of rotatable bonds is 8. The number of hydrogen-bond acceptors (Lipinski definition) is 3. The monoisotopic (exact) mass is 338 g/mol. The standard InChI is InChI=1S/C17H23FN2O4/c1-4-10(2)15(17(23)24)20-16(22)14(19-11(3)21)9-12-5-7-13(18)8-6-12/h5-8,10,14-15H,4,9H2,1-3H3,(H,19,21)(H,20,22)(H,23,24)/t10-,14+,15-/m1/s1. The Bertz CT molecular complexity index is 589. The highest BCUT2D eigenvalue weighted by molar-refractivity contribution is 5.90. The fraction of sp³-hybridized carbons (Fsp3) is 0.471. The zero-order valence-electron chi connectivity index (χ0n) is 14.0. The number of amides is 2. The third-order valence-electron chi connectivity index (χ3n) is 3.82. The van der Waals surface area contributed by atoms with Crippen molar-refractivity contribution in [2.45, 2.75) is 45.7 Å². The van der Waals surface area contributed by atoms with E-state index in [-0.39, 0.29) is 12.3 Å². The third-order valence-corrected chi connectivity index (χ3v) is 3.82. The van der Waals surface area contributed by atoms with Crippen LogP contribution in [0.15, 0.2) is 24.3 Å². The van der Waals surface area contributed by atoms with E-state index in [4.69, 9.17) is 0 Å². The first-order valence-corrected chi connectivity index (χ1v) is 7.79. The second-order valence-electron chi connectivity index (χ2n) is 5.79. The van der Waals surface area contributed by atoms with Crippen LogP contribution >= 0.6 is 0 Å². The van der Waals surface area contributed by atoms with E-state index in [2.05, 4.69) is 10.6 Å². The Kier molecular flexibility index (Phi) is 7.35. The highest BCUT2D eigenvalue weighted by Crippen LogP contribution is 2.10. The van der Waals surface area contributed by atoms with E-state index in [1.54, 1.807) is 6.92 Å². The van der Waals surface area contributed by atoms with Gasteiger partial charge in [0.1, 0.15) is 17.9 Å². The molecule has 0 saturated heterocycles. The van der Waals surface area contributed by atoms with Gasteiger partial charge in [-0.05, 0) is 23.6 Å². The van der Waals surface area contributed by atoms with Gasteiger partial charge in [0.2, 0.25) is 11.8 Å². The van der Waals surface area contributed by atoms with Crippen LogP contribution in [0.5, 0.6) is 0 Å². The highest BCUT2D eigenvalue weighted by Gasteiger charge is 2.29. The number of carboxylic acids is 1. The summed E-state index contributed by atoms with van der Waals surface area (Å²) in [7, 11) is 0. The number of benzene rings is 1. The molecule has 3 N–H and O–H groups in total. The van der Waals surface area contributed by atoms with E-state index in [1.165, 1.54) is 31.2 Å². The van der Waals surface area contributed by atoms with Gasteiger partial charge in [-0.15, -0.1) is 0 Å². The van der Waals surface area contributed by atoms with Gasteiger partial charge in [0.15, 0.2) is 0 Å². The van der Waals surface area contributed by atoms with Gasteiger partial charge >= 0.3 is 5.97 Å². The molecule has 24 heavy (non-hydrogen) atoms. The van der Waals surface area contributed by atoms with E-state index < -0.39 is 35.7 Å². The van der Waals surface area contributed by atoms with Crippen molar-refractivity contribution < 1.29 is 23.9 Å². The number of nitrogens with one attached hydrogen (secondary N) is 2. The molecule has 0 aliphatic rings. The topological polar surface area (TPSA) is 95.5 Å². The normalized spacial score (nSPS) is 14.3. The third kappa shape index (κ3) is 5.98. The zero-order chi connectivity index (χ0) is 18.3. The van der Waals surface area contributed by atoms with Crippen LogP contribution in [0.2, 0.25) is 0 Å². The van der Waals surface area contributed by atoms with Crippen molar-refractivity contribution in [1.29, 1.82) is 0 Å². The Morgan fingerprint density at radius 1 is 1.17 bits per heavy atom. The molecule has 1 rings (SSSR count). The molecule has 0 radical (unpaired) electrons. The Morgan fingerprint density at radius 2 is 1.75 bits per heavy atom. The predicted octanol–water partition coefficient (Wildman–Crippen LogP) is 1.49. The number of carbonyl (C=O) groups excluding carboxylic acids is 2. The molecule has 0 bridgehead atoms. The number of halogens is 1. The fourth-order valence-electron chi connectivity index (χ4n) is 2.25. The van der Waals surface area contributed by atoms with Crippen LogP contribution in [0.25, 0.3) is 0 Å². The molecule has 7 heteroatoms. The summed E-state index contributed by atoms with van der Waals surface area (Å²) >= 11 is 0. The lowest BCUT2D eigenvalue weighted by atomic mass is 9.98. The van der Waals surface area contributed by atoms with E-state index in [9.17, 15) is 23.9 Å². The van der Waals surface area contributed by atoms with Crippen LogP contribution in [0, 0.1) is 11.7 Å². The van der Waals surface area contributed by atoms with Gasteiger partial charge < -0.3 is 15.7 Å². The van der Waals surface area contributed by atoms with Gasteiger partial charge in [-0.2, -0.15) is 0 Å². The molecule has 0 aliphatic heterocycles. The molecule has 0 aliphatic carbocycles. The zero-order valence-corrected chi connectivity index (χ0v) is 14.0. The van der Waals surface area contributed by atoms with Crippen molar-refractivity contribution in [1.82, 2.24) is 10.6 Å². The number of hydrogen-bond donors (Lipinski definition) is 3. The summed E-state index contributed by atoms with van der Waals surface area (Å²) in [5, 5.41) is 14.2. The van der Waals surface area contributed by atoms with E-state index in [1.807, 2.05) is 6.92 Å². The Hall–Kier alpha value is -2.44. The number of aliphatic carboxylic acids is 1. The second-order valence-corrected chi connectivity index (χ2v) is 5.79. The predicted molar refractivity (Wildman–Crippen MR) is 86.7 cm³/mol. The maximum absolute atomic E-state index is 13.0. The lowest BCUT2D eigenvalue weighted by molar-refractivity contribution is -0.143. The molecule has 0 saturated carbocycles. The first-order chi connectivity index (χ1) is 11.2. The number of carbonyl (C=O) groups is 3. The molecule has 0 heterocycles. The van der Waals surface area contributed by atoms with Gasteiger partial charge in [-0.3, -0.25) is 9.59 Å². The molecule has 6 nitrogen and oxygen atoms in total. The molecule has 3 atom stereocenters. The van der Waals surface area contributed by atoms with Gasteiger partial charge in [-0.1, -0.05) is 32.4 Å². The molecule has 1 aromatic rings. The lowest BCUT2D eigenvalue weighted by Crippen LogP contribution is -2.53. The van der Waals surface area contributed by atoms with Crippen LogP contribution in [-0.4, -0.2) is 35.0 Å². The quantitative estimate of drug-likeness (QED) is 0.669. The van der Waals surface area contributed by atoms with Gasteiger partial charge in [0.05, 0.1) is 0 Å². The molecule has 0 unspecified atom stereocenters. The van der Waals surface area contributed by atoms with E-state index in [0.29, 0.717) is 12.0 Å². The van der Waals surface area contributed by atoms with Gasteiger partial charge in [0.25, 0.3) is 0 Å². The van der Waals surface area contributed by atoms with Crippen molar-refractivity contribution in [3.05, 3.63) is 35.6 Å². The number of carboxylic acid groups (broad SMARTS) is 1. The minimum absolute atomic E-state index is 0.137. The SMILES string of the molecule is CC[C@@H](C)[C@@H](NC(=O)[C@H](Cc1ccc(F)cc1)NC(C)=O)C(=O)O. The molecule has 0 aromatic heterocycles. The summed E-state index contributed by atoms with van der Waals surface area (Å²) in [6, 6.07) is 3.58. The average molecular weight is 338 g/mol. The summed E-state index contributed by atoms with van der Waals surface area (Å²) in [5.74, 6) is -2.77. The minimum atomic E-state index is -1.12. The molecule has 0 spiro atoms. The molecule has 2 amide bonds. The van der Waals surface area contributed by atoms with Crippen LogP contribution in [0.1, 0.15) is 32.8 Å². The van der Waals surface area contributed by atoms with Gasteiger partial charge in [-0.25, -0.2) is 9.18 Å². The van der Waals surface area contributed by atoms with Crippen molar-refractivity contribution >= 4 is 17.8 Å². The Labute approximate surface area is 140 Å². The van der Waals surface area contributed by atoms with Crippen LogP contribution in [0.4, 0.5) is 4.39 Å². The smallest absolute Gasteiger partial charge is 0.326 e. The Balaban J connectivity index is 2.89. The summed E-state index contributed by atoms with van der Waals surface area (Å²) < 4.78 is 13.0. The van der Waals surface area contributed by atoms with E-state index >= 15 is 0 Å². The Morgan fingerprint density at radius 3 is 2.21 bits per heavy atom. The first kappa shape index (κ1) is 19.6. The second kappa shape index (κ2) is 9.00. The summed E-state index contributed by atoms with van der Waals surface area (Å²) in [4.78, 5) is 35.1. The maximum atomic E-state index is 13.0. The molecule has 1 aromatic carbocycles.